The molecule has 0 atom stereocenters. The van der Waals surface area contributed by atoms with Gasteiger partial charge in [0.05, 0.1) is 5.69 Å². The Hall–Kier alpha value is -1.81. The minimum atomic E-state index is -0.252. The molecule has 18 heavy (non-hydrogen) atoms. The first-order valence-electron chi connectivity index (χ1n) is 6.07. The molecule has 0 radical (unpaired) electrons. The molecule has 92 valence electrons. The molecule has 3 rings (SSSR count). The van der Waals surface area contributed by atoms with Crippen LogP contribution < -0.4 is 5.73 Å². The summed E-state index contributed by atoms with van der Waals surface area (Å²) in [5.41, 5.74) is 7.31. The Morgan fingerprint density at radius 3 is 2.78 bits per heavy atom. The lowest BCUT2D eigenvalue weighted by atomic mass is 9.80. The van der Waals surface area contributed by atoms with Gasteiger partial charge in [0.1, 0.15) is 11.6 Å². The number of benzene rings is 1. The van der Waals surface area contributed by atoms with Crippen LogP contribution in [0, 0.1) is 5.82 Å². The van der Waals surface area contributed by atoms with Crippen LogP contribution in [-0.4, -0.2) is 16.0 Å². The second-order valence-electron chi connectivity index (χ2n) is 4.74. The van der Waals surface area contributed by atoms with Crippen molar-refractivity contribution in [3.8, 4) is 11.3 Å². The maximum atomic E-state index is 13.2. The van der Waals surface area contributed by atoms with Gasteiger partial charge in [-0.1, -0.05) is 12.1 Å². The van der Waals surface area contributed by atoms with Crippen LogP contribution in [0.1, 0.15) is 24.6 Å². The molecular formula is C14H14FN3. The van der Waals surface area contributed by atoms with Crippen molar-refractivity contribution in [2.24, 2.45) is 5.73 Å². The molecule has 4 heteroatoms. The summed E-state index contributed by atoms with van der Waals surface area (Å²) in [5.74, 6) is 0.922. The maximum absolute atomic E-state index is 13.2. The van der Waals surface area contributed by atoms with Crippen LogP contribution in [0.5, 0.6) is 0 Å². The van der Waals surface area contributed by atoms with Crippen molar-refractivity contribution < 1.29 is 4.39 Å². The van der Waals surface area contributed by atoms with E-state index in [0.29, 0.717) is 5.92 Å². The average molecular weight is 243 g/mol. The number of nitrogens with zero attached hydrogens (tertiary/aromatic N) is 2. The highest BCUT2D eigenvalue weighted by molar-refractivity contribution is 5.58. The van der Waals surface area contributed by atoms with E-state index in [-0.39, 0.29) is 11.9 Å². The fourth-order valence-corrected chi connectivity index (χ4v) is 2.25. The van der Waals surface area contributed by atoms with E-state index in [2.05, 4.69) is 9.97 Å². The number of hydrogen-bond donors (Lipinski definition) is 1. The van der Waals surface area contributed by atoms with Crippen LogP contribution in [0.25, 0.3) is 11.3 Å². The van der Waals surface area contributed by atoms with Crippen LogP contribution in [-0.2, 0) is 0 Å². The van der Waals surface area contributed by atoms with Crippen molar-refractivity contribution in [3.05, 3.63) is 48.2 Å². The SMILES string of the molecule is NC1CC(c2nccc(-c3cccc(F)c3)n2)C1. The molecule has 0 saturated heterocycles. The van der Waals surface area contributed by atoms with Gasteiger partial charge in [0.2, 0.25) is 0 Å². The molecule has 0 bridgehead atoms. The van der Waals surface area contributed by atoms with Crippen molar-refractivity contribution in [1.29, 1.82) is 0 Å². The number of rotatable bonds is 2. The molecule has 1 aliphatic carbocycles. The zero-order valence-corrected chi connectivity index (χ0v) is 9.88. The molecule has 1 aromatic carbocycles. The van der Waals surface area contributed by atoms with Gasteiger partial charge in [0.15, 0.2) is 0 Å². The quantitative estimate of drug-likeness (QED) is 0.881. The normalized spacial score (nSPS) is 22.6. The standard InChI is InChI=1S/C14H14FN3/c15-11-3-1-2-9(6-11)13-4-5-17-14(18-13)10-7-12(16)8-10/h1-6,10,12H,7-8,16H2. The van der Waals surface area contributed by atoms with E-state index >= 15 is 0 Å². The predicted octanol–water partition coefficient (Wildman–Crippen LogP) is 2.49. The van der Waals surface area contributed by atoms with Gasteiger partial charge in [-0.15, -0.1) is 0 Å². The monoisotopic (exact) mass is 243 g/mol. The predicted molar refractivity (Wildman–Crippen MR) is 67.4 cm³/mol. The zero-order valence-electron chi connectivity index (χ0n) is 9.88. The van der Waals surface area contributed by atoms with Crippen LogP contribution in [0.15, 0.2) is 36.5 Å². The van der Waals surface area contributed by atoms with E-state index in [1.807, 2.05) is 6.07 Å². The van der Waals surface area contributed by atoms with Gasteiger partial charge in [0.25, 0.3) is 0 Å². The average Bonchev–Trinajstić information content (AvgIpc) is 2.35. The summed E-state index contributed by atoms with van der Waals surface area (Å²) in [7, 11) is 0. The summed E-state index contributed by atoms with van der Waals surface area (Å²) in [6.45, 7) is 0. The van der Waals surface area contributed by atoms with Crippen LogP contribution in [0.2, 0.25) is 0 Å². The summed E-state index contributed by atoms with van der Waals surface area (Å²) in [4.78, 5) is 8.79. The van der Waals surface area contributed by atoms with Crippen molar-refractivity contribution >= 4 is 0 Å². The van der Waals surface area contributed by atoms with Crippen LogP contribution in [0.3, 0.4) is 0 Å². The van der Waals surface area contributed by atoms with E-state index in [1.54, 1.807) is 18.3 Å². The fourth-order valence-electron chi connectivity index (χ4n) is 2.25. The van der Waals surface area contributed by atoms with Crippen molar-refractivity contribution in [2.45, 2.75) is 24.8 Å². The molecule has 1 heterocycles. The van der Waals surface area contributed by atoms with Crippen molar-refractivity contribution in [1.82, 2.24) is 9.97 Å². The molecule has 0 aliphatic heterocycles. The molecule has 0 unspecified atom stereocenters. The smallest absolute Gasteiger partial charge is 0.132 e. The van der Waals surface area contributed by atoms with E-state index in [9.17, 15) is 4.39 Å². The van der Waals surface area contributed by atoms with Gasteiger partial charge in [0, 0.05) is 23.7 Å². The maximum Gasteiger partial charge on any atom is 0.132 e. The number of hydrogen-bond acceptors (Lipinski definition) is 3. The van der Waals surface area contributed by atoms with Crippen LogP contribution in [0.4, 0.5) is 4.39 Å². The Balaban J connectivity index is 1.91. The lowest BCUT2D eigenvalue weighted by molar-refractivity contribution is 0.338. The van der Waals surface area contributed by atoms with Gasteiger partial charge in [-0.2, -0.15) is 0 Å². The fraction of sp³-hybridized carbons (Fsp3) is 0.286. The number of aromatic nitrogens is 2. The Kier molecular flexibility index (Phi) is 2.80. The van der Waals surface area contributed by atoms with E-state index in [0.717, 1.165) is 29.9 Å². The molecule has 1 aromatic heterocycles. The van der Waals surface area contributed by atoms with Crippen molar-refractivity contribution in [3.63, 3.8) is 0 Å². The largest absolute Gasteiger partial charge is 0.328 e. The Labute approximate surface area is 105 Å². The topological polar surface area (TPSA) is 51.8 Å². The van der Waals surface area contributed by atoms with Gasteiger partial charge in [-0.3, -0.25) is 0 Å². The molecular weight excluding hydrogens is 229 g/mol. The number of halogens is 1. The lowest BCUT2D eigenvalue weighted by Crippen LogP contribution is -2.35. The van der Waals surface area contributed by atoms with Gasteiger partial charge >= 0.3 is 0 Å². The highest BCUT2D eigenvalue weighted by Gasteiger charge is 2.29. The Morgan fingerprint density at radius 1 is 1.22 bits per heavy atom. The van der Waals surface area contributed by atoms with Gasteiger partial charge < -0.3 is 5.73 Å². The second kappa shape index (κ2) is 4.46. The highest BCUT2D eigenvalue weighted by atomic mass is 19.1. The summed E-state index contributed by atoms with van der Waals surface area (Å²) in [6, 6.07) is 8.52. The molecule has 1 fully saturated rings. The third-order valence-electron chi connectivity index (χ3n) is 3.33. The molecule has 1 aliphatic rings. The molecule has 2 aromatic rings. The minimum Gasteiger partial charge on any atom is -0.328 e. The third-order valence-corrected chi connectivity index (χ3v) is 3.33. The first kappa shape index (κ1) is 11.3. The lowest BCUT2D eigenvalue weighted by Gasteiger charge is -2.31. The third kappa shape index (κ3) is 2.11. The second-order valence-corrected chi connectivity index (χ2v) is 4.74. The first-order chi connectivity index (χ1) is 8.72. The summed E-state index contributed by atoms with van der Waals surface area (Å²) in [5, 5.41) is 0. The molecule has 3 nitrogen and oxygen atoms in total. The Morgan fingerprint density at radius 2 is 2.06 bits per heavy atom. The van der Waals surface area contributed by atoms with E-state index < -0.39 is 0 Å². The summed E-state index contributed by atoms with van der Waals surface area (Å²) < 4.78 is 13.2. The molecule has 0 amide bonds. The van der Waals surface area contributed by atoms with E-state index in [4.69, 9.17) is 5.73 Å². The minimum absolute atomic E-state index is 0.252. The number of nitrogens with two attached hydrogens (primary N) is 1. The van der Waals surface area contributed by atoms with Crippen LogP contribution >= 0.6 is 0 Å². The summed E-state index contributed by atoms with van der Waals surface area (Å²) in [6.07, 6.45) is 3.60. The summed E-state index contributed by atoms with van der Waals surface area (Å²) >= 11 is 0. The first-order valence-corrected chi connectivity index (χ1v) is 6.07. The highest BCUT2D eigenvalue weighted by Crippen LogP contribution is 2.34. The zero-order chi connectivity index (χ0) is 12.5. The molecule has 0 spiro atoms. The van der Waals surface area contributed by atoms with Gasteiger partial charge in [-0.25, -0.2) is 14.4 Å². The van der Waals surface area contributed by atoms with Crippen molar-refractivity contribution in [2.75, 3.05) is 0 Å². The van der Waals surface area contributed by atoms with E-state index in [1.165, 1.54) is 12.1 Å². The van der Waals surface area contributed by atoms with Gasteiger partial charge in [-0.05, 0) is 31.0 Å². The Bertz CT molecular complexity index is 564. The molecule has 2 N–H and O–H groups in total. The molecule has 1 saturated carbocycles.